The molecule has 0 unspecified atom stereocenters. The summed E-state index contributed by atoms with van der Waals surface area (Å²) >= 11 is 0. The number of carboxylic acid groups (broad SMARTS) is 1. The van der Waals surface area contributed by atoms with E-state index in [1.807, 2.05) is 18.2 Å². The molecule has 4 heteroatoms. The van der Waals surface area contributed by atoms with Crippen molar-refractivity contribution >= 4 is 59.8 Å². The van der Waals surface area contributed by atoms with Gasteiger partial charge in [-0.2, -0.15) is 0 Å². The molecule has 0 saturated heterocycles. The predicted molar refractivity (Wildman–Crippen MR) is 150 cm³/mol. The molecule has 7 aromatic rings. The van der Waals surface area contributed by atoms with Crippen LogP contribution in [0.5, 0.6) is 11.5 Å². The summed E-state index contributed by atoms with van der Waals surface area (Å²) in [5, 5.41) is 40.9. The van der Waals surface area contributed by atoms with E-state index in [1.165, 1.54) is 38.4 Å². The van der Waals surface area contributed by atoms with E-state index >= 15 is 0 Å². The van der Waals surface area contributed by atoms with E-state index in [1.54, 1.807) is 0 Å². The smallest absolute Gasteiger partial charge is 0.336 e. The van der Waals surface area contributed by atoms with E-state index in [9.17, 15) is 20.1 Å². The Morgan fingerprint density at radius 2 is 0.973 bits per heavy atom. The third kappa shape index (κ3) is 3.34. The Hall–Kier alpha value is -5.09. The molecule has 7 aromatic carbocycles. The van der Waals surface area contributed by atoms with E-state index in [0.717, 1.165) is 27.6 Å². The molecule has 176 valence electrons. The Morgan fingerprint density at radius 1 is 0.486 bits per heavy atom. The molecule has 0 aromatic heterocycles. The van der Waals surface area contributed by atoms with Crippen LogP contribution >= 0.6 is 0 Å². The average Bonchev–Trinajstić information content (AvgIpc) is 2.90. The van der Waals surface area contributed by atoms with Gasteiger partial charge in [-0.1, -0.05) is 48.5 Å². The highest BCUT2D eigenvalue weighted by Crippen LogP contribution is 2.38. The largest absolute Gasteiger partial charge is 0.504 e. The lowest BCUT2D eigenvalue weighted by molar-refractivity contribution is 0.0697. The van der Waals surface area contributed by atoms with Crippen molar-refractivity contribution in [2.75, 3.05) is 0 Å². The minimum absolute atomic E-state index is 0.0687. The van der Waals surface area contributed by atoms with Crippen LogP contribution < -0.4 is 0 Å². The van der Waals surface area contributed by atoms with Gasteiger partial charge in [0, 0.05) is 5.56 Å². The fraction of sp³-hybridized carbons (Fsp3) is 0. The summed E-state index contributed by atoms with van der Waals surface area (Å²) in [5.41, 5.74) is 0.932. The van der Waals surface area contributed by atoms with Gasteiger partial charge in [0.25, 0.3) is 0 Å². The predicted octanol–water partition coefficient (Wildman–Crippen LogP) is 8.23. The zero-order chi connectivity index (χ0) is 25.3. The second-order valence-corrected chi connectivity index (χ2v) is 9.51. The summed E-state index contributed by atoms with van der Waals surface area (Å²) < 4.78 is 0. The van der Waals surface area contributed by atoms with Crippen molar-refractivity contribution in [1.82, 2.24) is 0 Å². The van der Waals surface area contributed by atoms with Gasteiger partial charge in [0.1, 0.15) is 0 Å². The Morgan fingerprint density at radius 3 is 1.62 bits per heavy atom. The van der Waals surface area contributed by atoms with E-state index in [4.69, 9.17) is 0 Å². The van der Waals surface area contributed by atoms with E-state index in [-0.39, 0.29) is 11.3 Å². The minimum Gasteiger partial charge on any atom is -0.504 e. The number of hydrogen-bond acceptors (Lipinski definition) is 3. The van der Waals surface area contributed by atoms with Crippen LogP contribution in [0.15, 0.2) is 103 Å². The molecule has 0 heterocycles. The van der Waals surface area contributed by atoms with E-state index < -0.39 is 11.7 Å². The average molecular weight is 481 g/mol. The lowest BCUT2D eigenvalue weighted by Gasteiger charge is -2.12. The molecule has 0 amide bonds. The highest BCUT2D eigenvalue weighted by Gasteiger charge is 2.16. The van der Waals surface area contributed by atoms with Gasteiger partial charge in [-0.25, -0.2) is 4.79 Å². The summed E-state index contributed by atoms with van der Waals surface area (Å²) in [7, 11) is 0. The normalized spacial score (nSPS) is 11.7. The van der Waals surface area contributed by atoms with Crippen LogP contribution in [0.2, 0.25) is 0 Å². The first-order valence-corrected chi connectivity index (χ1v) is 12.0. The third-order valence-corrected chi connectivity index (χ3v) is 7.27. The number of carboxylic acids is 1. The highest BCUT2D eigenvalue weighted by atomic mass is 16.4. The van der Waals surface area contributed by atoms with Crippen molar-refractivity contribution < 1.29 is 20.1 Å². The zero-order valence-electron chi connectivity index (χ0n) is 19.6. The number of aromatic hydroxyl groups is 2. The Bertz CT molecular complexity index is 2090. The molecule has 7 rings (SSSR count). The number of aromatic carboxylic acids is 1. The highest BCUT2D eigenvalue weighted by molar-refractivity contribution is 6.16. The number of phenolic OH excluding ortho intramolecular Hbond substituents is 2. The molecule has 0 atom stereocenters. The lowest BCUT2D eigenvalue weighted by atomic mass is 9.93. The van der Waals surface area contributed by atoms with Crippen LogP contribution in [0, 0.1) is 0 Å². The first-order chi connectivity index (χ1) is 17.9. The second kappa shape index (κ2) is 7.70. The van der Waals surface area contributed by atoms with Crippen LogP contribution in [0.4, 0.5) is 0 Å². The van der Waals surface area contributed by atoms with Gasteiger partial charge in [-0.15, -0.1) is 0 Å². The van der Waals surface area contributed by atoms with Crippen molar-refractivity contribution in [3.63, 3.8) is 0 Å². The SMILES string of the molecule is O=C(O)c1cc(O)c(O)cc1-c1ccc2cc3c(ccc4cc5cc6ccccc6cc5cc43)cc2c1. The standard InChI is InChI=1S/C33H20O4/c34-31-16-29(30(33(36)37)17-32(31)35)23-6-5-20-14-27-21(11-24(20)12-23)7-8-22-13-25-9-18-3-1-2-4-19(18)10-26(25)15-28(22)27/h1-17,34-35H,(H,36,37). The van der Waals surface area contributed by atoms with E-state index in [2.05, 4.69) is 72.8 Å². The van der Waals surface area contributed by atoms with Gasteiger partial charge in [-0.05, 0) is 114 Å². The summed E-state index contributed by atoms with van der Waals surface area (Å²) in [6.45, 7) is 0. The number of benzene rings is 7. The maximum atomic E-state index is 11.8. The van der Waals surface area contributed by atoms with Gasteiger partial charge in [0.15, 0.2) is 11.5 Å². The molecule has 0 fully saturated rings. The molecule has 0 aliphatic heterocycles. The Labute approximate surface area is 211 Å². The third-order valence-electron chi connectivity index (χ3n) is 7.27. The number of hydrogen-bond donors (Lipinski definition) is 3. The molecular formula is C33H20O4. The van der Waals surface area contributed by atoms with Crippen molar-refractivity contribution in [3.8, 4) is 22.6 Å². The van der Waals surface area contributed by atoms with Crippen LogP contribution in [0.25, 0.3) is 65.0 Å². The van der Waals surface area contributed by atoms with Crippen LogP contribution in [-0.2, 0) is 0 Å². The maximum absolute atomic E-state index is 11.8. The quantitative estimate of drug-likeness (QED) is 0.132. The topological polar surface area (TPSA) is 77.8 Å². The first kappa shape index (κ1) is 21.2. The molecule has 0 aliphatic rings. The fourth-order valence-electron chi connectivity index (χ4n) is 5.41. The minimum atomic E-state index is -1.17. The molecule has 37 heavy (non-hydrogen) atoms. The van der Waals surface area contributed by atoms with Gasteiger partial charge in [0.05, 0.1) is 5.56 Å². The molecule has 0 saturated carbocycles. The molecule has 0 radical (unpaired) electrons. The number of phenols is 2. The Balaban J connectivity index is 1.44. The first-order valence-electron chi connectivity index (χ1n) is 12.0. The number of carbonyl (C=O) groups is 1. The molecule has 3 N–H and O–H groups in total. The summed E-state index contributed by atoms with van der Waals surface area (Å²) in [6, 6.07) is 34.0. The van der Waals surface area contributed by atoms with Gasteiger partial charge in [-0.3, -0.25) is 0 Å². The zero-order valence-corrected chi connectivity index (χ0v) is 19.6. The molecular weight excluding hydrogens is 460 g/mol. The van der Waals surface area contributed by atoms with Crippen LogP contribution in [0.3, 0.4) is 0 Å². The lowest BCUT2D eigenvalue weighted by Crippen LogP contribution is -1.99. The molecule has 4 nitrogen and oxygen atoms in total. The van der Waals surface area contributed by atoms with Gasteiger partial charge in [0.2, 0.25) is 0 Å². The second-order valence-electron chi connectivity index (χ2n) is 9.51. The van der Waals surface area contributed by atoms with Crippen molar-refractivity contribution in [3.05, 3.63) is 109 Å². The van der Waals surface area contributed by atoms with Crippen molar-refractivity contribution in [1.29, 1.82) is 0 Å². The monoisotopic (exact) mass is 480 g/mol. The molecule has 0 bridgehead atoms. The van der Waals surface area contributed by atoms with Crippen molar-refractivity contribution in [2.45, 2.75) is 0 Å². The van der Waals surface area contributed by atoms with Gasteiger partial charge < -0.3 is 15.3 Å². The Kier molecular flexibility index (Phi) is 4.42. The maximum Gasteiger partial charge on any atom is 0.336 e. The summed E-state index contributed by atoms with van der Waals surface area (Å²) in [4.78, 5) is 11.8. The summed E-state index contributed by atoms with van der Waals surface area (Å²) in [6.07, 6.45) is 0. The van der Waals surface area contributed by atoms with Crippen molar-refractivity contribution in [2.24, 2.45) is 0 Å². The molecule has 0 spiro atoms. The van der Waals surface area contributed by atoms with Gasteiger partial charge >= 0.3 is 5.97 Å². The summed E-state index contributed by atoms with van der Waals surface area (Å²) in [5.74, 6) is -1.99. The number of fused-ring (bicyclic) bond motifs is 6. The van der Waals surface area contributed by atoms with Crippen LogP contribution in [-0.4, -0.2) is 21.3 Å². The molecule has 0 aliphatic carbocycles. The number of rotatable bonds is 2. The van der Waals surface area contributed by atoms with Crippen LogP contribution in [0.1, 0.15) is 10.4 Å². The fourth-order valence-corrected chi connectivity index (χ4v) is 5.41. The van der Waals surface area contributed by atoms with E-state index in [0.29, 0.717) is 11.1 Å².